The Labute approximate surface area is 151 Å². The number of hydrogen-bond donors (Lipinski definition) is 2. The molecule has 138 valence electrons. The summed E-state index contributed by atoms with van der Waals surface area (Å²) in [4.78, 5) is 34.4. The van der Waals surface area contributed by atoms with Gasteiger partial charge in [0.2, 0.25) is 5.91 Å². The number of aromatic nitrogens is 2. The number of nitrogens with two attached hydrogens (primary N) is 1. The average molecular weight is 357 g/mol. The van der Waals surface area contributed by atoms with E-state index in [1.54, 1.807) is 17.2 Å². The molecule has 0 aliphatic carbocycles. The summed E-state index contributed by atoms with van der Waals surface area (Å²) in [5, 5.41) is 0.918. The first kappa shape index (κ1) is 17.8. The number of piperazine rings is 1. The van der Waals surface area contributed by atoms with Gasteiger partial charge in [-0.2, -0.15) is 0 Å². The predicted molar refractivity (Wildman–Crippen MR) is 99.7 cm³/mol. The molecule has 1 aliphatic rings. The Morgan fingerprint density at radius 3 is 2.69 bits per heavy atom. The number of nitrogens with one attached hydrogen (secondary N) is 1. The number of carbonyl (C=O) groups is 2. The second-order valence-corrected chi connectivity index (χ2v) is 6.48. The van der Waals surface area contributed by atoms with E-state index in [2.05, 4.69) is 14.9 Å². The molecule has 1 fully saturated rings. The molecule has 8 heteroatoms. The molecular formula is C18H23N5O3. The zero-order chi connectivity index (χ0) is 18.7. The summed E-state index contributed by atoms with van der Waals surface area (Å²) in [6.07, 6.45) is 6.22. The van der Waals surface area contributed by atoms with E-state index in [0.717, 1.165) is 22.3 Å². The van der Waals surface area contributed by atoms with Crippen molar-refractivity contribution in [1.82, 2.24) is 14.9 Å². The molecule has 2 amide bonds. The van der Waals surface area contributed by atoms with Crippen molar-refractivity contribution in [2.75, 3.05) is 31.1 Å². The van der Waals surface area contributed by atoms with Gasteiger partial charge in [0.25, 0.3) is 0 Å². The van der Waals surface area contributed by atoms with Gasteiger partial charge in [0.15, 0.2) is 0 Å². The summed E-state index contributed by atoms with van der Waals surface area (Å²) < 4.78 is 5.25. The topological polar surface area (TPSA) is 105 Å². The number of hydrogen-bond acceptors (Lipinski definition) is 5. The zero-order valence-electron chi connectivity index (χ0n) is 14.9. The number of nitrogens with zero attached hydrogens (tertiary/aromatic N) is 3. The van der Waals surface area contributed by atoms with Crippen molar-refractivity contribution in [3.8, 4) is 0 Å². The molecule has 0 atom stereocenters. The number of aromatic amines is 1. The molecule has 3 N–H and O–H groups in total. The van der Waals surface area contributed by atoms with Crippen molar-refractivity contribution in [3.05, 3.63) is 30.1 Å². The molecule has 26 heavy (non-hydrogen) atoms. The maximum Gasteiger partial charge on any atom is 0.410 e. The third kappa shape index (κ3) is 3.96. The molecule has 1 saturated heterocycles. The smallest absolute Gasteiger partial charge is 0.410 e. The van der Waals surface area contributed by atoms with Gasteiger partial charge in [-0.15, -0.1) is 0 Å². The Morgan fingerprint density at radius 1 is 1.31 bits per heavy atom. The van der Waals surface area contributed by atoms with E-state index in [0.29, 0.717) is 26.2 Å². The van der Waals surface area contributed by atoms with Crippen molar-refractivity contribution in [2.24, 2.45) is 5.73 Å². The fourth-order valence-corrected chi connectivity index (χ4v) is 2.92. The molecule has 1 aliphatic heterocycles. The first-order chi connectivity index (χ1) is 12.4. The minimum atomic E-state index is -0.493. The first-order valence-electron chi connectivity index (χ1n) is 8.59. The van der Waals surface area contributed by atoms with E-state index in [1.165, 1.54) is 6.08 Å². The van der Waals surface area contributed by atoms with Gasteiger partial charge in [-0.25, -0.2) is 9.78 Å². The van der Waals surface area contributed by atoms with E-state index in [9.17, 15) is 9.59 Å². The van der Waals surface area contributed by atoms with Crippen LogP contribution >= 0.6 is 0 Å². The number of rotatable bonds is 4. The van der Waals surface area contributed by atoms with Gasteiger partial charge in [0.05, 0.1) is 18.0 Å². The Hall–Kier alpha value is -3.03. The number of amides is 2. The first-order valence-corrected chi connectivity index (χ1v) is 8.59. The Kier molecular flexibility index (Phi) is 5.11. The maximum absolute atomic E-state index is 12.0. The van der Waals surface area contributed by atoms with Crippen LogP contribution in [0, 0.1) is 0 Å². The van der Waals surface area contributed by atoms with Crippen LogP contribution < -0.4 is 10.6 Å². The van der Waals surface area contributed by atoms with Crippen molar-refractivity contribution >= 4 is 34.8 Å². The SMILES string of the molecule is CC(C)OC(=O)N1CCN(c2cnc3[nH]cc(/C=C/C(N)=O)c3c2)CC1. The van der Waals surface area contributed by atoms with Crippen LogP contribution in [0.5, 0.6) is 0 Å². The van der Waals surface area contributed by atoms with E-state index in [4.69, 9.17) is 10.5 Å². The molecule has 0 spiro atoms. The lowest BCUT2D eigenvalue weighted by atomic mass is 10.2. The van der Waals surface area contributed by atoms with Crippen molar-refractivity contribution < 1.29 is 14.3 Å². The van der Waals surface area contributed by atoms with Crippen LogP contribution in [-0.2, 0) is 9.53 Å². The van der Waals surface area contributed by atoms with Crippen LogP contribution in [0.2, 0.25) is 0 Å². The van der Waals surface area contributed by atoms with Crippen LogP contribution in [0.4, 0.5) is 10.5 Å². The van der Waals surface area contributed by atoms with Crippen LogP contribution in [0.15, 0.2) is 24.5 Å². The summed E-state index contributed by atoms with van der Waals surface area (Å²) in [5.74, 6) is -0.493. The summed E-state index contributed by atoms with van der Waals surface area (Å²) in [5.41, 5.74) is 7.74. The lowest BCUT2D eigenvalue weighted by molar-refractivity contribution is -0.113. The largest absolute Gasteiger partial charge is 0.447 e. The van der Waals surface area contributed by atoms with E-state index in [-0.39, 0.29) is 12.2 Å². The fourth-order valence-electron chi connectivity index (χ4n) is 2.92. The van der Waals surface area contributed by atoms with Crippen molar-refractivity contribution in [1.29, 1.82) is 0 Å². The number of pyridine rings is 1. The van der Waals surface area contributed by atoms with Crippen LogP contribution in [-0.4, -0.2) is 59.2 Å². The highest BCUT2D eigenvalue weighted by molar-refractivity contribution is 5.95. The van der Waals surface area contributed by atoms with E-state index < -0.39 is 5.91 Å². The standard InChI is InChI=1S/C18H23N5O3/c1-12(2)26-18(25)23-7-5-22(6-8-23)14-9-15-13(3-4-16(19)24)10-20-17(15)21-11-14/h3-4,9-12H,5-8H2,1-2H3,(H2,19,24)(H,20,21)/b4-3+. The fraction of sp³-hybridized carbons (Fsp3) is 0.389. The molecule has 2 aromatic rings. The highest BCUT2D eigenvalue weighted by atomic mass is 16.6. The lowest BCUT2D eigenvalue weighted by Gasteiger charge is -2.35. The quantitative estimate of drug-likeness (QED) is 0.811. The summed E-state index contributed by atoms with van der Waals surface area (Å²) >= 11 is 0. The van der Waals surface area contributed by atoms with Crippen LogP contribution in [0.3, 0.4) is 0 Å². The Balaban J connectivity index is 1.72. The molecule has 0 aromatic carbocycles. The monoisotopic (exact) mass is 357 g/mol. The van der Waals surface area contributed by atoms with Gasteiger partial charge in [0.1, 0.15) is 5.65 Å². The van der Waals surface area contributed by atoms with E-state index in [1.807, 2.05) is 26.1 Å². The molecule has 2 aromatic heterocycles. The average Bonchev–Trinajstić information content (AvgIpc) is 3.01. The highest BCUT2D eigenvalue weighted by Gasteiger charge is 2.23. The third-order valence-corrected chi connectivity index (χ3v) is 4.22. The van der Waals surface area contributed by atoms with Gasteiger partial charge in [-0.1, -0.05) is 0 Å². The number of anilines is 1. The minimum absolute atomic E-state index is 0.118. The third-order valence-electron chi connectivity index (χ3n) is 4.22. The Bertz CT molecular complexity index is 834. The molecular weight excluding hydrogens is 334 g/mol. The molecule has 3 heterocycles. The summed E-state index contributed by atoms with van der Waals surface area (Å²) in [6.45, 7) is 6.30. The maximum atomic E-state index is 12.0. The molecule has 0 saturated carbocycles. The molecule has 3 rings (SSSR count). The van der Waals surface area contributed by atoms with Crippen molar-refractivity contribution in [2.45, 2.75) is 20.0 Å². The predicted octanol–water partition coefficient (Wildman–Crippen LogP) is 1.73. The highest BCUT2D eigenvalue weighted by Crippen LogP contribution is 2.24. The number of fused-ring (bicyclic) bond motifs is 1. The number of primary amides is 1. The summed E-state index contributed by atoms with van der Waals surface area (Å²) in [7, 11) is 0. The molecule has 0 radical (unpaired) electrons. The van der Waals surface area contributed by atoms with Gasteiger partial charge in [-0.3, -0.25) is 4.79 Å². The number of ether oxygens (including phenoxy) is 1. The van der Waals surface area contributed by atoms with Crippen molar-refractivity contribution in [3.63, 3.8) is 0 Å². The second kappa shape index (κ2) is 7.47. The van der Waals surface area contributed by atoms with E-state index >= 15 is 0 Å². The molecule has 8 nitrogen and oxygen atoms in total. The van der Waals surface area contributed by atoms with Crippen LogP contribution in [0.25, 0.3) is 17.1 Å². The number of carbonyl (C=O) groups excluding carboxylic acids is 2. The normalized spacial score (nSPS) is 15.2. The van der Waals surface area contributed by atoms with Gasteiger partial charge < -0.3 is 25.3 Å². The molecule has 0 bridgehead atoms. The molecule has 0 unspecified atom stereocenters. The zero-order valence-corrected chi connectivity index (χ0v) is 14.9. The summed E-state index contributed by atoms with van der Waals surface area (Å²) in [6, 6.07) is 2.03. The number of H-pyrrole nitrogens is 1. The lowest BCUT2D eigenvalue weighted by Crippen LogP contribution is -2.49. The minimum Gasteiger partial charge on any atom is -0.447 e. The van der Waals surface area contributed by atoms with Crippen LogP contribution in [0.1, 0.15) is 19.4 Å². The Morgan fingerprint density at radius 2 is 2.04 bits per heavy atom. The van der Waals surface area contributed by atoms with Gasteiger partial charge in [-0.05, 0) is 26.0 Å². The van der Waals surface area contributed by atoms with Gasteiger partial charge >= 0.3 is 6.09 Å². The second-order valence-electron chi connectivity index (χ2n) is 6.48. The van der Waals surface area contributed by atoms with Gasteiger partial charge in [0, 0.05) is 49.4 Å².